The number of aromatic nitrogens is 2. The number of pyridine rings is 2. The van der Waals surface area contributed by atoms with Crippen molar-refractivity contribution in [3.8, 4) is 5.75 Å². The number of nitrogens with zero attached hydrogens (tertiary/aromatic N) is 2. The third-order valence-corrected chi connectivity index (χ3v) is 3.79. The van der Waals surface area contributed by atoms with Crippen molar-refractivity contribution in [2.24, 2.45) is 0 Å². The van der Waals surface area contributed by atoms with Crippen molar-refractivity contribution in [3.63, 3.8) is 0 Å². The molecule has 0 aliphatic heterocycles. The largest absolute Gasteiger partial charge is 0.486 e. The van der Waals surface area contributed by atoms with Crippen LogP contribution in [0.25, 0.3) is 0 Å². The van der Waals surface area contributed by atoms with Crippen molar-refractivity contribution >= 4 is 23.3 Å². The fourth-order valence-electron chi connectivity index (χ4n) is 2.18. The van der Waals surface area contributed by atoms with E-state index in [4.69, 9.17) is 16.3 Å². The fraction of sp³-hybridized carbons (Fsp3) is 0.105. The minimum Gasteiger partial charge on any atom is -0.486 e. The third kappa shape index (κ3) is 5.19. The number of carbonyl (C=O) groups excluding carboxylic acids is 1. The minimum absolute atomic E-state index is 0.278. The fourth-order valence-corrected chi connectivity index (χ4v) is 2.36. The lowest BCUT2D eigenvalue weighted by molar-refractivity contribution is 0.251. The SMILES string of the molecule is O=C(NCc1cccnc1)Nc1ccc(COc2cccnc2Cl)cc1. The van der Waals surface area contributed by atoms with E-state index in [1.165, 1.54) is 0 Å². The Balaban J connectivity index is 1.48. The average Bonchev–Trinajstić information content (AvgIpc) is 2.68. The Morgan fingerprint density at radius 2 is 1.85 bits per heavy atom. The van der Waals surface area contributed by atoms with Crippen LogP contribution in [0.1, 0.15) is 11.1 Å². The first-order chi connectivity index (χ1) is 12.7. The second-order valence-electron chi connectivity index (χ2n) is 5.45. The molecule has 0 saturated carbocycles. The van der Waals surface area contributed by atoms with Gasteiger partial charge in [0, 0.05) is 30.8 Å². The van der Waals surface area contributed by atoms with Gasteiger partial charge in [0.1, 0.15) is 6.61 Å². The molecule has 132 valence electrons. The summed E-state index contributed by atoms with van der Waals surface area (Å²) in [5, 5.41) is 5.89. The number of amides is 2. The standard InChI is InChI=1S/C19H17ClN4O2/c20-18-17(4-2-10-22-18)26-13-14-5-7-16(8-6-14)24-19(25)23-12-15-3-1-9-21-11-15/h1-11H,12-13H2,(H2,23,24,25). The number of hydrogen-bond donors (Lipinski definition) is 2. The first-order valence-corrected chi connectivity index (χ1v) is 8.34. The lowest BCUT2D eigenvalue weighted by atomic mass is 10.2. The predicted octanol–water partition coefficient (Wildman–Crippen LogP) is 4.03. The first kappa shape index (κ1) is 17.7. The van der Waals surface area contributed by atoms with Crippen molar-refractivity contribution in [3.05, 3.63) is 83.4 Å². The molecule has 6 nitrogen and oxygen atoms in total. The molecule has 0 bridgehead atoms. The Bertz CT molecular complexity index is 857. The van der Waals surface area contributed by atoms with Gasteiger partial charge in [0.05, 0.1) is 0 Å². The number of nitrogens with one attached hydrogen (secondary N) is 2. The normalized spacial score (nSPS) is 10.2. The molecule has 3 aromatic rings. The van der Waals surface area contributed by atoms with Crippen molar-refractivity contribution in [1.29, 1.82) is 0 Å². The zero-order chi connectivity index (χ0) is 18.2. The number of anilines is 1. The molecular weight excluding hydrogens is 352 g/mol. The number of halogens is 1. The Morgan fingerprint density at radius 1 is 1.04 bits per heavy atom. The van der Waals surface area contributed by atoms with Crippen LogP contribution in [0.5, 0.6) is 5.75 Å². The number of benzene rings is 1. The van der Waals surface area contributed by atoms with Gasteiger partial charge in [-0.15, -0.1) is 0 Å². The van der Waals surface area contributed by atoms with Gasteiger partial charge >= 0.3 is 6.03 Å². The Kier molecular flexibility index (Phi) is 6.01. The number of urea groups is 1. The average molecular weight is 369 g/mol. The molecule has 1 aromatic carbocycles. The van der Waals surface area contributed by atoms with Crippen molar-refractivity contribution in [2.45, 2.75) is 13.2 Å². The molecule has 0 unspecified atom stereocenters. The van der Waals surface area contributed by atoms with Crippen LogP contribution in [0.2, 0.25) is 5.15 Å². The Morgan fingerprint density at radius 3 is 2.58 bits per heavy atom. The van der Waals surface area contributed by atoms with E-state index >= 15 is 0 Å². The molecule has 2 heterocycles. The van der Waals surface area contributed by atoms with Crippen LogP contribution in [-0.2, 0) is 13.2 Å². The molecule has 26 heavy (non-hydrogen) atoms. The van der Waals surface area contributed by atoms with E-state index in [-0.39, 0.29) is 6.03 Å². The van der Waals surface area contributed by atoms with Crippen molar-refractivity contribution < 1.29 is 9.53 Å². The molecule has 2 N–H and O–H groups in total. The van der Waals surface area contributed by atoms with E-state index in [2.05, 4.69) is 20.6 Å². The van der Waals surface area contributed by atoms with E-state index in [1.807, 2.05) is 36.4 Å². The van der Waals surface area contributed by atoms with Crippen LogP contribution in [0.4, 0.5) is 10.5 Å². The summed E-state index contributed by atoms with van der Waals surface area (Å²) in [6.45, 7) is 0.774. The maximum Gasteiger partial charge on any atom is 0.319 e. The number of rotatable bonds is 6. The van der Waals surface area contributed by atoms with Crippen LogP contribution in [0, 0.1) is 0 Å². The zero-order valence-electron chi connectivity index (χ0n) is 13.9. The topological polar surface area (TPSA) is 76.1 Å². The molecular formula is C19H17ClN4O2. The van der Waals surface area contributed by atoms with Gasteiger partial charge in [0.25, 0.3) is 0 Å². The third-order valence-electron chi connectivity index (χ3n) is 3.51. The van der Waals surface area contributed by atoms with Gasteiger partial charge in [0.2, 0.25) is 0 Å². The maximum atomic E-state index is 11.9. The van der Waals surface area contributed by atoms with Gasteiger partial charge in [-0.05, 0) is 41.5 Å². The van der Waals surface area contributed by atoms with Crippen LogP contribution >= 0.6 is 11.6 Å². The maximum absolute atomic E-state index is 11.9. The highest BCUT2D eigenvalue weighted by Gasteiger charge is 2.04. The van der Waals surface area contributed by atoms with E-state index in [9.17, 15) is 4.79 Å². The zero-order valence-corrected chi connectivity index (χ0v) is 14.6. The van der Waals surface area contributed by atoms with Gasteiger partial charge in [-0.3, -0.25) is 4.98 Å². The van der Waals surface area contributed by atoms with E-state index in [0.717, 1.165) is 11.1 Å². The molecule has 0 saturated heterocycles. The van der Waals surface area contributed by atoms with Gasteiger partial charge in [-0.1, -0.05) is 29.8 Å². The number of carbonyl (C=O) groups is 1. The quantitative estimate of drug-likeness (QED) is 0.644. The van der Waals surface area contributed by atoms with E-state index in [1.54, 1.807) is 30.7 Å². The van der Waals surface area contributed by atoms with Gasteiger partial charge in [-0.25, -0.2) is 9.78 Å². The van der Waals surface area contributed by atoms with Crippen LogP contribution in [-0.4, -0.2) is 16.0 Å². The summed E-state index contributed by atoms with van der Waals surface area (Å²) in [7, 11) is 0. The molecule has 7 heteroatoms. The highest BCUT2D eigenvalue weighted by atomic mass is 35.5. The molecule has 0 aliphatic rings. The van der Waals surface area contributed by atoms with E-state index in [0.29, 0.717) is 29.7 Å². The van der Waals surface area contributed by atoms with Gasteiger partial charge < -0.3 is 15.4 Å². The highest BCUT2D eigenvalue weighted by Crippen LogP contribution is 2.21. The predicted molar refractivity (Wildman–Crippen MR) is 100 cm³/mol. The summed E-state index contributed by atoms with van der Waals surface area (Å²) >= 11 is 5.95. The molecule has 0 aliphatic carbocycles. The summed E-state index contributed by atoms with van der Waals surface area (Å²) in [4.78, 5) is 19.9. The lowest BCUT2D eigenvalue weighted by Crippen LogP contribution is -2.28. The lowest BCUT2D eigenvalue weighted by Gasteiger charge is -2.09. The van der Waals surface area contributed by atoms with Crippen LogP contribution < -0.4 is 15.4 Å². The smallest absolute Gasteiger partial charge is 0.319 e. The molecule has 2 aromatic heterocycles. The molecule has 0 fully saturated rings. The second-order valence-corrected chi connectivity index (χ2v) is 5.80. The number of ether oxygens (including phenoxy) is 1. The van der Waals surface area contributed by atoms with Crippen LogP contribution in [0.15, 0.2) is 67.1 Å². The first-order valence-electron chi connectivity index (χ1n) is 7.97. The molecule has 0 radical (unpaired) electrons. The van der Waals surface area contributed by atoms with Crippen molar-refractivity contribution in [1.82, 2.24) is 15.3 Å². The van der Waals surface area contributed by atoms with Crippen molar-refractivity contribution in [2.75, 3.05) is 5.32 Å². The Labute approximate surface area is 156 Å². The highest BCUT2D eigenvalue weighted by molar-refractivity contribution is 6.30. The molecule has 0 atom stereocenters. The van der Waals surface area contributed by atoms with E-state index < -0.39 is 0 Å². The minimum atomic E-state index is -0.278. The van der Waals surface area contributed by atoms with Gasteiger partial charge in [0.15, 0.2) is 10.9 Å². The van der Waals surface area contributed by atoms with Crippen LogP contribution in [0.3, 0.4) is 0 Å². The molecule has 2 amide bonds. The summed E-state index contributed by atoms with van der Waals surface area (Å²) in [6.07, 6.45) is 5.01. The second kappa shape index (κ2) is 8.82. The number of hydrogen-bond acceptors (Lipinski definition) is 4. The monoisotopic (exact) mass is 368 g/mol. The summed E-state index contributed by atoms with van der Waals surface area (Å²) in [5.74, 6) is 0.533. The summed E-state index contributed by atoms with van der Waals surface area (Å²) < 4.78 is 5.63. The summed E-state index contributed by atoms with van der Waals surface area (Å²) in [5.41, 5.74) is 2.58. The Hall–Kier alpha value is -3.12. The van der Waals surface area contributed by atoms with Gasteiger partial charge in [-0.2, -0.15) is 0 Å². The molecule has 0 spiro atoms. The molecule has 3 rings (SSSR count). The summed E-state index contributed by atoms with van der Waals surface area (Å²) in [6, 6.07) is 14.4.